The van der Waals surface area contributed by atoms with Gasteiger partial charge in [0.25, 0.3) is 0 Å². The summed E-state index contributed by atoms with van der Waals surface area (Å²) in [7, 11) is 3.49. The average Bonchev–Trinajstić information content (AvgIpc) is 3.39. The highest BCUT2D eigenvalue weighted by Gasteiger charge is 2.44. The maximum absolute atomic E-state index is 7.59. The first kappa shape index (κ1) is 32.3. The normalized spacial score (nSPS) is 18.6. The Morgan fingerprint density at radius 3 is 2.14 bits per heavy atom. The summed E-state index contributed by atoms with van der Waals surface area (Å²) < 4.78 is 25.3. The maximum Gasteiger partial charge on any atom is 0.178 e. The minimum atomic E-state index is -0.894. The summed E-state index contributed by atoms with van der Waals surface area (Å²) in [6, 6.07) is 28.2. The van der Waals surface area contributed by atoms with E-state index in [1.54, 1.807) is 14.2 Å². The van der Waals surface area contributed by atoms with E-state index in [-0.39, 0.29) is 5.41 Å². The minimum Gasteiger partial charge on any atom is -0.497 e. The van der Waals surface area contributed by atoms with Gasteiger partial charge in [-0.1, -0.05) is 74.9 Å². The third-order valence-electron chi connectivity index (χ3n) is 11.1. The molecule has 256 valence electrons. The minimum absolute atomic E-state index is 0.230. The van der Waals surface area contributed by atoms with Gasteiger partial charge in [0, 0.05) is 40.6 Å². The van der Waals surface area contributed by atoms with Crippen molar-refractivity contribution < 1.29 is 18.9 Å². The van der Waals surface area contributed by atoms with Crippen molar-refractivity contribution >= 4 is 22.5 Å². The molecule has 3 aliphatic rings. The molecule has 1 atom stereocenters. The fourth-order valence-corrected chi connectivity index (χ4v) is 8.49. The molecule has 0 saturated carbocycles. The van der Waals surface area contributed by atoms with Gasteiger partial charge in [0.2, 0.25) is 0 Å². The molecule has 5 heteroatoms. The second kappa shape index (κ2) is 12.5. The van der Waals surface area contributed by atoms with Crippen molar-refractivity contribution in [2.45, 2.75) is 64.4 Å². The van der Waals surface area contributed by atoms with Crippen molar-refractivity contribution in [2.75, 3.05) is 38.8 Å². The third kappa shape index (κ3) is 5.04. The van der Waals surface area contributed by atoms with Gasteiger partial charge in [0.1, 0.15) is 23.0 Å². The van der Waals surface area contributed by atoms with Crippen molar-refractivity contribution in [3.05, 3.63) is 118 Å². The van der Waals surface area contributed by atoms with Gasteiger partial charge in [-0.2, -0.15) is 0 Å². The summed E-state index contributed by atoms with van der Waals surface area (Å²) in [5.41, 5.74) is 9.78. The molecule has 0 N–H and O–H groups in total. The van der Waals surface area contributed by atoms with Crippen LogP contribution in [0.5, 0.6) is 23.0 Å². The molecule has 0 radical (unpaired) electrons. The first-order valence-corrected chi connectivity index (χ1v) is 18.1. The molecule has 0 amide bonds. The first-order valence-electron chi connectivity index (χ1n) is 18.1. The molecule has 1 unspecified atom stereocenters. The highest BCUT2D eigenvalue weighted by molar-refractivity contribution is 6.10. The molecule has 1 fully saturated rings. The molecule has 0 bridgehead atoms. The van der Waals surface area contributed by atoms with E-state index in [0.717, 1.165) is 70.3 Å². The molecule has 1 saturated heterocycles. The van der Waals surface area contributed by atoms with E-state index in [2.05, 4.69) is 111 Å². The van der Waals surface area contributed by atoms with E-state index in [1.807, 2.05) is 12.1 Å². The van der Waals surface area contributed by atoms with Gasteiger partial charge in [-0.05, 0) is 103 Å². The third-order valence-corrected chi connectivity index (χ3v) is 11.1. The highest BCUT2D eigenvalue weighted by atomic mass is 16.5. The van der Waals surface area contributed by atoms with E-state index < -0.39 is 5.60 Å². The summed E-state index contributed by atoms with van der Waals surface area (Å²) >= 11 is 0. The Labute approximate surface area is 296 Å². The summed E-state index contributed by atoms with van der Waals surface area (Å²) in [5.74, 6) is 3.42. The highest BCUT2D eigenvalue weighted by Crippen LogP contribution is 2.59. The van der Waals surface area contributed by atoms with Crippen LogP contribution in [0.15, 0.2) is 84.9 Å². The molecular formula is C45H47NO4. The molecule has 8 rings (SSSR count). The number of ether oxygens (including phenoxy) is 4. The number of fused-ring (bicyclic) bond motifs is 8. The summed E-state index contributed by atoms with van der Waals surface area (Å²) in [4.78, 5) is 2.51. The number of hydrogen-bond acceptors (Lipinski definition) is 5. The number of benzene rings is 5. The SMILES string of the molecule is CCCOc1ccc(C2(c3ccc(OC)cc3)C=Cc3c4c(c5cc(N6CCCCC6)c(OC)cc5c3O2)-c2ccc(C)cc2C4(C)C)cc1. The lowest BCUT2D eigenvalue weighted by atomic mass is 9.76. The van der Waals surface area contributed by atoms with Crippen molar-refractivity contribution in [1.29, 1.82) is 0 Å². The Kier molecular flexibility index (Phi) is 8.05. The van der Waals surface area contributed by atoms with Gasteiger partial charge in [0.05, 0.1) is 26.5 Å². The van der Waals surface area contributed by atoms with Gasteiger partial charge < -0.3 is 23.8 Å². The van der Waals surface area contributed by atoms with Crippen LogP contribution in [-0.2, 0) is 11.0 Å². The van der Waals surface area contributed by atoms with Crippen LogP contribution in [0.3, 0.4) is 0 Å². The van der Waals surface area contributed by atoms with Crippen molar-refractivity contribution in [1.82, 2.24) is 0 Å². The molecule has 1 aliphatic carbocycles. The summed E-state index contributed by atoms with van der Waals surface area (Å²) in [6.07, 6.45) is 9.18. The van der Waals surface area contributed by atoms with E-state index in [0.29, 0.717) is 6.61 Å². The number of aryl methyl sites for hydroxylation is 1. The lowest BCUT2D eigenvalue weighted by molar-refractivity contribution is 0.163. The molecule has 5 aromatic rings. The average molecular weight is 666 g/mol. The number of piperidine rings is 1. The number of anilines is 1. The van der Waals surface area contributed by atoms with E-state index >= 15 is 0 Å². The standard InChI is InChI=1S/C45H47NO4/c1-7-25-49-33-18-14-31(15-19-33)45(30-12-16-32(47-5)17-13-30)22-21-35-42-41(34-20-11-29(2)26-38(34)44(42,3)4)36-27-39(46-23-9-8-10-24-46)40(48-6)28-37(36)43(35)50-45/h11-22,26-28H,7-10,23-25H2,1-6H3. The Balaban J connectivity index is 1.41. The zero-order chi connectivity index (χ0) is 34.6. The lowest BCUT2D eigenvalue weighted by Crippen LogP contribution is -2.35. The predicted molar refractivity (Wildman–Crippen MR) is 205 cm³/mol. The quantitative estimate of drug-likeness (QED) is 0.165. The lowest BCUT2D eigenvalue weighted by Gasteiger charge is -2.39. The van der Waals surface area contributed by atoms with Crippen molar-refractivity contribution in [2.24, 2.45) is 0 Å². The largest absolute Gasteiger partial charge is 0.497 e. The maximum atomic E-state index is 7.59. The van der Waals surface area contributed by atoms with E-state index in [4.69, 9.17) is 18.9 Å². The molecule has 2 heterocycles. The van der Waals surface area contributed by atoms with Crippen LogP contribution in [0.4, 0.5) is 5.69 Å². The van der Waals surface area contributed by atoms with Gasteiger partial charge in [-0.3, -0.25) is 0 Å². The van der Waals surface area contributed by atoms with Gasteiger partial charge in [-0.15, -0.1) is 0 Å². The molecular weight excluding hydrogens is 618 g/mol. The predicted octanol–water partition coefficient (Wildman–Crippen LogP) is 10.6. The Bertz CT molecular complexity index is 2110. The molecule has 5 nitrogen and oxygen atoms in total. The molecule has 0 spiro atoms. The molecule has 0 aromatic heterocycles. The summed E-state index contributed by atoms with van der Waals surface area (Å²) in [6.45, 7) is 11.8. The van der Waals surface area contributed by atoms with Gasteiger partial charge in [-0.25, -0.2) is 0 Å². The fourth-order valence-electron chi connectivity index (χ4n) is 8.49. The molecule has 50 heavy (non-hydrogen) atoms. The second-order valence-electron chi connectivity index (χ2n) is 14.6. The number of methoxy groups -OCH3 is 2. The van der Waals surface area contributed by atoms with Gasteiger partial charge >= 0.3 is 0 Å². The van der Waals surface area contributed by atoms with Crippen LogP contribution < -0.4 is 23.8 Å². The first-order chi connectivity index (χ1) is 24.3. The van der Waals surface area contributed by atoms with Crippen LogP contribution in [0.1, 0.15) is 79.8 Å². The molecule has 2 aliphatic heterocycles. The Hall–Kier alpha value is -4.90. The number of rotatable bonds is 8. The van der Waals surface area contributed by atoms with Crippen molar-refractivity contribution in [3.63, 3.8) is 0 Å². The number of hydrogen-bond donors (Lipinski definition) is 0. The smallest absolute Gasteiger partial charge is 0.178 e. The monoisotopic (exact) mass is 665 g/mol. The Morgan fingerprint density at radius 2 is 1.48 bits per heavy atom. The van der Waals surface area contributed by atoms with Crippen LogP contribution in [0, 0.1) is 6.92 Å². The van der Waals surface area contributed by atoms with E-state index in [1.165, 1.54) is 52.5 Å². The topological polar surface area (TPSA) is 40.2 Å². The van der Waals surface area contributed by atoms with Crippen LogP contribution >= 0.6 is 0 Å². The van der Waals surface area contributed by atoms with Crippen LogP contribution in [-0.4, -0.2) is 33.9 Å². The fraction of sp³-hybridized carbons (Fsp3) is 0.333. The zero-order valence-corrected chi connectivity index (χ0v) is 30.2. The number of nitrogens with zero attached hydrogens (tertiary/aromatic N) is 1. The summed E-state index contributed by atoms with van der Waals surface area (Å²) in [5, 5.41) is 2.27. The van der Waals surface area contributed by atoms with Gasteiger partial charge in [0.15, 0.2) is 5.60 Å². The Morgan fingerprint density at radius 1 is 0.780 bits per heavy atom. The van der Waals surface area contributed by atoms with E-state index in [9.17, 15) is 0 Å². The second-order valence-corrected chi connectivity index (χ2v) is 14.6. The van der Waals surface area contributed by atoms with Crippen LogP contribution in [0.2, 0.25) is 0 Å². The van der Waals surface area contributed by atoms with Crippen LogP contribution in [0.25, 0.3) is 28.0 Å². The zero-order valence-electron chi connectivity index (χ0n) is 30.2. The van der Waals surface area contributed by atoms with Crippen molar-refractivity contribution in [3.8, 4) is 34.1 Å². The molecule has 5 aromatic carbocycles.